The highest BCUT2D eigenvalue weighted by Crippen LogP contribution is 2.17. The number of nitrogens with one attached hydrogen (secondary N) is 2. The van der Waals surface area contributed by atoms with Gasteiger partial charge in [0.15, 0.2) is 0 Å². The van der Waals surface area contributed by atoms with Crippen LogP contribution in [0.15, 0.2) is 29.4 Å². The molecule has 2 rings (SSSR count). The lowest BCUT2D eigenvalue weighted by Crippen LogP contribution is -2.44. The molecule has 0 bridgehead atoms. The number of hydrogen-bond donors (Lipinski definition) is 2. The van der Waals surface area contributed by atoms with Crippen LogP contribution in [-0.2, 0) is 9.59 Å². The summed E-state index contributed by atoms with van der Waals surface area (Å²) in [6.07, 6.45) is 6.86. The maximum absolute atomic E-state index is 11.8. The Morgan fingerprint density at radius 1 is 1.09 bits per heavy atom. The lowest BCUT2D eigenvalue weighted by molar-refractivity contribution is -0.139. The standard InChI is InChI=1S/C18H25N3O2/c1-13(2)15-10-8-14(9-11-15)12-19-21-18(23)17(22)20-16-6-4-3-5-7-16/h8-13,16H,3-7H2,1-2H3,(H,20,22)(H,21,23)/b19-12+. The van der Waals surface area contributed by atoms with Crippen LogP contribution in [0, 0.1) is 0 Å². The number of hydrazone groups is 1. The van der Waals surface area contributed by atoms with E-state index in [4.69, 9.17) is 0 Å². The van der Waals surface area contributed by atoms with Gasteiger partial charge in [0.2, 0.25) is 0 Å². The number of benzene rings is 1. The van der Waals surface area contributed by atoms with Crippen LogP contribution in [0.2, 0.25) is 0 Å². The molecule has 1 aliphatic carbocycles. The van der Waals surface area contributed by atoms with Gasteiger partial charge in [-0.05, 0) is 29.9 Å². The lowest BCUT2D eigenvalue weighted by Gasteiger charge is -2.22. The minimum absolute atomic E-state index is 0.120. The molecule has 0 heterocycles. The fourth-order valence-corrected chi connectivity index (χ4v) is 2.68. The Hall–Kier alpha value is -2.17. The second-order valence-corrected chi connectivity index (χ2v) is 6.33. The molecular weight excluding hydrogens is 290 g/mol. The zero-order valence-corrected chi connectivity index (χ0v) is 13.8. The van der Waals surface area contributed by atoms with E-state index in [1.165, 1.54) is 18.2 Å². The highest BCUT2D eigenvalue weighted by molar-refractivity contribution is 6.35. The molecule has 5 heteroatoms. The summed E-state index contributed by atoms with van der Waals surface area (Å²) in [7, 11) is 0. The van der Waals surface area contributed by atoms with Crippen LogP contribution in [-0.4, -0.2) is 24.1 Å². The van der Waals surface area contributed by atoms with E-state index in [1.807, 2.05) is 24.3 Å². The average molecular weight is 315 g/mol. The summed E-state index contributed by atoms with van der Waals surface area (Å²) >= 11 is 0. The zero-order valence-electron chi connectivity index (χ0n) is 13.8. The van der Waals surface area contributed by atoms with E-state index in [0.717, 1.165) is 31.2 Å². The molecule has 5 nitrogen and oxygen atoms in total. The number of nitrogens with zero attached hydrogens (tertiary/aromatic N) is 1. The van der Waals surface area contributed by atoms with Gasteiger partial charge in [0.25, 0.3) is 0 Å². The van der Waals surface area contributed by atoms with E-state index in [1.54, 1.807) is 0 Å². The van der Waals surface area contributed by atoms with Crippen molar-refractivity contribution < 1.29 is 9.59 Å². The van der Waals surface area contributed by atoms with Crippen molar-refractivity contribution >= 4 is 18.0 Å². The number of rotatable bonds is 4. The van der Waals surface area contributed by atoms with Crippen LogP contribution in [0.5, 0.6) is 0 Å². The van der Waals surface area contributed by atoms with Gasteiger partial charge in [0, 0.05) is 6.04 Å². The summed E-state index contributed by atoms with van der Waals surface area (Å²) < 4.78 is 0. The SMILES string of the molecule is CC(C)c1ccc(/C=N/NC(=O)C(=O)NC2CCCCC2)cc1. The molecule has 1 aliphatic rings. The zero-order chi connectivity index (χ0) is 16.7. The molecule has 0 atom stereocenters. The summed E-state index contributed by atoms with van der Waals surface area (Å²) in [6.45, 7) is 4.27. The predicted molar refractivity (Wildman–Crippen MR) is 91.3 cm³/mol. The summed E-state index contributed by atoms with van der Waals surface area (Å²) in [4.78, 5) is 23.5. The molecule has 23 heavy (non-hydrogen) atoms. The lowest BCUT2D eigenvalue weighted by atomic mass is 9.95. The van der Waals surface area contributed by atoms with Crippen molar-refractivity contribution in [1.82, 2.24) is 10.7 Å². The van der Waals surface area contributed by atoms with Crippen molar-refractivity contribution in [1.29, 1.82) is 0 Å². The molecule has 1 aromatic carbocycles. The Labute approximate surface area is 137 Å². The fourth-order valence-electron chi connectivity index (χ4n) is 2.68. The monoisotopic (exact) mass is 315 g/mol. The molecule has 2 amide bonds. The van der Waals surface area contributed by atoms with E-state index < -0.39 is 11.8 Å². The second-order valence-electron chi connectivity index (χ2n) is 6.33. The minimum atomic E-state index is -0.717. The molecule has 1 fully saturated rings. The first-order valence-electron chi connectivity index (χ1n) is 8.30. The van der Waals surface area contributed by atoms with Gasteiger partial charge < -0.3 is 5.32 Å². The third-order valence-corrected chi connectivity index (χ3v) is 4.13. The molecule has 0 aliphatic heterocycles. The molecule has 1 aromatic rings. The van der Waals surface area contributed by atoms with E-state index in [0.29, 0.717) is 5.92 Å². The van der Waals surface area contributed by atoms with Gasteiger partial charge in [0.1, 0.15) is 0 Å². The Morgan fingerprint density at radius 3 is 2.35 bits per heavy atom. The summed E-state index contributed by atoms with van der Waals surface area (Å²) in [5, 5.41) is 6.61. The van der Waals surface area contributed by atoms with Gasteiger partial charge in [0.05, 0.1) is 6.21 Å². The molecule has 0 radical (unpaired) electrons. The Morgan fingerprint density at radius 2 is 1.74 bits per heavy atom. The number of carbonyl (C=O) groups is 2. The van der Waals surface area contributed by atoms with Gasteiger partial charge in [-0.25, -0.2) is 5.43 Å². The smallest absolute Gasteiger partial charge is 0.329 e. The largest absolute Gasteiger partial charge is 0.345 e. The van der Waals surface area contributed by atoms with Crippen molar-refractivity contribution in [3.63, 3.8) is 0 Å². The van der Waals surface area contributed by atoms with Crippen LogP contribution in [0.25, 0.3) is 0 Å². The van der Waals surface area contributed by atoms with Crippen molar-refractivity contribution in [2.45, 2.75) is 57.9 Å². The van der Waals surface area contributed by atoms with Crippen molar-refractivity contribution in [2.75, 3.05) is 0 Å². The Balaban J connectivity index is 1.79. The van der Waals surface area contributed by atoms with Crippen molar-refractivity contribution in [3.05, 3.63) is 35.4 Å². The average Bonchev–Trinajstić information content (AvgIpc) is 2.56. The van der Waals surface area contributed by atoms with E-state index >= 15 is 0 Å². The topological polar surface area (TPSA) is 70.6 Å². The molecule has 1 saturated carbocycles. The van der Waals surface area contributed by atoms with Gasteiger partial charge in [-0.3, -0.25) is 9.59 Å². The van der Waals surface area contributed by atoms with Crippen LogP contribution >= 0.6 is 0 Å². The number of amides is 2. The fraction of sp³-hybridized carbons (Fsp3) is 0.500. The minimum Gasteiger partial charge on any atom is -0.345 e. The highest BCUT2D eigenvalue weighted by atomic mass is 16.2. The second kappa shape index (κ2) is 8.46. The van der Waals surface area contributed by atoms with E-state index in [2.05, 4.69) is 29.7 Å². The van der Waals surface area contributed by atoms with Gasteiger partial charge in [-0.1, -0.05) is 57.4 Å². The molecule has 2 N–H and O–H groups in total. The number of carbonyl (C=O) groups excluding carboxylic acids is 2. The first-order chi connectivity index (χ1) is 11.1. The first-order valence-corrected chi connectivity index (χ1v) is 8.30. The number of hydrogen-bond acceptors (Lipinski definition) is 3. The molecule has 0 spiro atoms. The summed E-state index contributed by atoms with van der Waals surface area (Å²) in [5.41, 5.74) is 4.40. The molecule has 124 valence electrons. The maximum atomic E-state index is 11.8. The highest BCUT2D eigenvalue weighted by Gasteiger charge is 2.19. The summed E-state index contributed by atoms with van der Waals surface area (Å²) in [5.74, 6) is -0.848. The normalized spacial score (nSPS) is 15.8. The van der Waals surface area contributed by atoms with Crippen molar-refractivity contribution in [3.8, 4) is 0 Å². The van der Waals surface area contributed by atoms with E-state index in [-0.39, 0.29) is 6.04 Å². The van der Waals surface area contributed by atoms with Crippen LogP contribution < -0.4 is 10.7 Å². The van der Waals surface area contributed by atoms with Gasteiger partial charge >= 0.3 is 11.8 Å². The van der Waals surface area contributed by atoms with Crippen molar-refractivity contribution in [2.24, 2.45) is 5.10 Å². The molecule has 0 unspecified atom stereocenters. The van der Waals surface area contributed by atoms with Crippen LogP contribution in [0.1, 0.15) is 63.0 Å². The summed E-state index contributed by atoms with van der Waals surface area (Å²) in [6, 6.07) is 8.06. The molecule has 0 saturated heterocycles. The third-order valence-electron chi connectivity index (χ3n) is 4.13. The first kappa shape index (κ1) is 17.2. The van der Waals surface area contributed by atoms with Crippen LogP contribution in [0.3, 0.4) is 0 Å². The maximum Gasteiger partial charge on any atom is 0.329 e. The third kappa shape index (κ3) is 5.51. The van der Waals surface area contributed by atoms with E-state index in [9.17, 15) is 9.59 Å². The quantitative estimate of drug-likeness (QED) is 0.509. The molecule has 0 aromatic heterocycles. The van der Waals surface area contributed by atoms with Gasteiger partial charge in [-0.2, -0.15) is 5.10 Å². The van der Waals surface area contributed by atoms with Crippen LogP contribution in [0.4, 0.5) is 0 Å². The Bertz CT molecular complexity index is 558. The molecular formula is C18H25N3O2. The predicted octanol–water partition coefficient (Wildman–Crippen LogP) is 2.71. The Kier molecular flexibility index (Phi) is 6.32. The van der Waals surface area contributed by atoms with Gasteiger partial charge in [-0.15, -0.1) is 0 Å².